The molecule has 0 aliphatic carbocycles. The Balaban J connectivity index is 1.59. The summed E-state index contributed by atoms with van der Waals surface area (Å²) in [4.78, 5) is 39.4. The van der Waals surface area contributed by atoms with E-state index >= 15 is 0 Å². The number of para-hydroxylation sites is 1. The van der Waals surface area contributed by atoms with E-state index in [1.807, 2.05) is 49.7 Å². The molecule has 0 unspecified atom stereocenters. The third-order valence-corrected chi connectivity index (χ3v) is 5.78. The zero-order valence-corrected chi connectivity index (χ0v) is 18.5. The number of benzene rings is 2. The molecule has 2 heterocycles. The number of aromatic amines is 1. The lowest BCUT2D eigenvalue weighted by Gasteiger charge is -2.18. The molecule has 0 saturated heterocycles. The lowest BCUT2D eigenvalue weighted by atomic mass is 10.1. The van der Waals surface area contributed by atoms with Crippen LogP contribution in [0.3, 0.4) is 0 Å². The van der Waals surface area contributed by atoms with Gasteiger partial charge in [0.2, 0.25) is 5.91 Å². The summed E-state index contributed by atoms with van der Waals surface area (Å²) in [5.41, 5.74) is 4.03. The molecule has 8 heteroatoms. The average Bonchev–Trinajstić information content (AvgIpc) is 3.05. The van der Waals surface area contributed by atoms with Crippen LogP contribution in [0.5, 0.6) is 0 Å². The first-order valence-electron chi connectivity index (χ1n) is 10.3. The number of likely N-dealkylation sites (N-methyl/N-ethyl adjacent to an activating group) is 1. The van der Waals surface area contributed by atoms with Crippen LogP contribution < -0.4 is 11.1 Å². The van der Waals surface area contributed by atoms with Gasteiger partial charge in [0.05, 0.1) is 22.2 Å². The average molecular weight is 431 g/mol. The number of H-pyrrole nitrogens is 1. The van der Waals surface area contributed by atoms with E-state index in [2.05, 4.69) is 10.2 Å². The summed E-state index contributed by atoms with van der Waals surface area (Å²) in [6, 6.07) is 14.6. The Morgan fingerprint density at radius 1 is 1.00 bits per heavy atom. The Bertz CT molecular complexity index is 1440. The molecular weight excluding hydrogens is 406 g/mol. The zero-order chi connectivity index (χ0) is 23.0. The van der Waals surface area contributed by atoms with E-state index in [0.29, 0.717) is 11.9 Å². The number of carbonyl (C=O) groups excluding carboxylic acids is 1. The van der Waals surface area contributed by atoms with Crippen LogP contribution in [-0.4, -0.2) is 37.4 Å². The first-order chi connectivity index (χ1) is 15.3. The molecule has 4 aromatic rings. The van der Waals surface area contributed by atoms with Crippen molar-refractivity contribution >= 4 is 16.7 Å². The molecule has 164 valence electrons. The van der Waals surface area contributed by atoms with E-state index in [9.17, 15) is 14.4 Å². The summed E-state index contributed by atoms with van der Waals surface area (Å²) < 4.78 is 2.96. The molecule has 1 amide bonds. The van der Waals surface area contributed by atoms with Gasteiger partial charge < -0.3 is 4.90 Å². The quantitative estimate of drug-likeness (QED) is 0.525. The molecular formula is C24H25N5O3. The van der Waals surface area contributed by atoms with E-state index in [1.54, 1.807) is 36.2 Å². The van der Waals surface area contributed by atoms with Gasteiger partial charge in [0, 0.05) is 24.8 Å². The minimum Gasteiger partial charge on any atom is -0.340 e. The van der Waals surface area contributed by atoms with Crippen LogP contribution in [0.25, 0.3) is 16.5 Å². The van der Waals surface area contributed by atoms with Crippen molar-refractivity contribution in [2.45, 2.75) is 33.9 Å². The SMILES string of the molecule is Cc1ccccc1-n1nc(C)c(CN(C)C(=O)Cn2[nH]c(=O)c3ccccc3c2=O)c1C. The maximum Gasteiger partial charge on any atom is 0.273 e. The minimum absolute atomic E-state index is 0.251. The van der Waals surface area contributed by atoms with Gasteiger partial charge >= 0.3 is 0 Å². The van der Waals surface area contributed by atoms with Crippen molar-refractivity contribution in [3.63, 3.8) is 0 Å². The molecule has 4 rings (SSSR count). The van der Waals surface area contributed by atoms with Gasteiger partial charge in [-0.05, 0) is 44.5 Å². The van der Waals surface area contributed by atoms with Crippen LogP contribution in [0.1, 0.15) is 22.5 Å². The molecule has 0 atom stereocenters. The number of hydrogen-bond acceptors (Lipinski definition) is 4. The van der Waals surface area contributed by atoms with Crippen LogP contribution >= 0.6 is 0 Å². The molecule has 0 bridgehead atoms. The van der Waals surface area contributed by atoms with Crippen LogP contribution in [-0.2, 0) is 17.9 Å². The van der Waals surface area contributed by atoms with E-state index in [1.165, 1.54) is 0 Å². The molecule has 0 spiro atoms. The van der Waals surface area contributed by atoms with Crippen molar-refractivity contribution in [2.75, 3.05) is 7.05 Å². The molecule has 1 N–H and O–H groups in total. The van der Waals surface area contributed by atoms with Gasteiger partial charge in [-0.1, -0.05) is 30.3 Å². The Kier molecular flexibility index (Phi) is 5.52. The third-order valence-electron chi connectivity index (χ3n) is 5.78. The van der Waals surface area contributed by atoms with Crippen molar-refractivity contribution in [2.24, 2.45) is 0 Å². The highest BCUT2D eigenvalue weighted by atomic mass is 16.2. The number of nitrogens with zero attached hydrogens (tertiary/aromatic N) is 4. The van der Waals surface area contributed by atoms with Crippen LogP contribution in [0.15, 0.2) is 58.1 Å². The first kappa shape index (κ1) is 21.3. The highest BCUT2D eigenvalue weighted by Crippen LogP contribution is 2.21. The topological polar surface area (TPSA) is 93.0 Å². The largest absolute Gasteiger partial charge is 0.340 e. The fourth-order valence-electron chi connectivity index (χ4n) is 3.88. The number of nitrogens with one attached hydrogen (secondary N) is 1. The van der Waals surface area contributed by atoms with E-state index in [4.69, 9.17) is 0 Å². The molecule has 32 heavy (non-hydrogen) atoms. The zero-order valence-electron chi connectivity index (χ0n) is 18.5. The summed E-state index contributed by atoms with van der Waals surface area (Å²) in [6.07, 6.45) is 0. The van der Waals surface area contributed by atoms with Crippen molar-refractivity contribution in [3.8, 4) is 5.69 Å². The number of rotatable bonds is 5. The van der Waals surface area contributed by atoms with Crippen LogP contribution in [0, 0.1) is 20.8 Å². The fraction of sp³-hybridized carbons (Fsp3) is 0.250. The Labute approximate surface area is 184 Å². The third kappa shape index (κ3) is 3.75. The first-order valence-corrected chi connectivity index (χ1v) is 10.3. The molecule has 0 aliphatic rings. The Hall–Kier alpha value is -3.94. The lowest BCUT2D eigenvalue weighted by Crippen LogP contribution is -2.37. The van der Waals surface area contributed by atoms with Gasteiger partial charge in [0.25, 0.3) is 11.1 Å². The highest BCUT2D eigenvalue weighted by molar-refractivity contribution is 5.81. The van der Waals surface area contributed by atoms with Gasteiger partial charge in [-0.3, -0.25) is 19.5 Å². The summed E-state index contributed by atoms with van der Waals surface area (Å²) in [5, 5.41) is 7.78. The van der Waals surface area contributed by atoms with E-state index in [0.717, 1.165) is 32.9 Å². The molecule has 2 aromatic carbocycles. The number of amides is 1. The second-order valence-corrected chi connectivity index (χ2v) is 7.98. The Morgan fingerprint density at radius 2 is 1.66 bits per heavy atom. The predicted octanol–water partition coefficient (Wildman–Crippen LogP) is 2.46. The second-order valence-electron chi connectivity index (χ2n) is 7.98. The van der Waals surface area contributed by atoms with E-state index in [-0.39, 0.29) is 17.8 Å². The monoisotopic (exact) mass is 431 g/mol. The highest BCUT2D eigenvalue weighted by Gasteiger charge is 2.19. The predicted molar refractivity (Wildman–Crippen MR) is 123 cm³/mol. The van der Waals surface area contributed by atoms with Gasteiger partial charge in [0.1, 0.15) is 6.54 Å². The number of hydrogen-bond donors (Lipinski definition) is 1. The lowest BCUT2D eigenvalue weighted by molar-refractivity contribution is -0.131. The summed E-state index contributed by atoms with van der Waals surface area (Å²) in [6.45, 7) is 6.02. The van der Waals surface area contributed by atoms with E-state index < -0.39 is 11.1 Å². The van der Waals surface area contributed by atoms with Crippen molar-refractivity contribution in [1.82, 2.24) is 24.5 Å². The minimum atomic E-state index is -0.401. The number of carbonyl (C=O) groups is 1. The van der Waals surface area contributed by atoms with Gasteiger partial charge in [-0.25, -0.2) is 9.36 Å². The molecule has 0 aliphatic heterocycles. The Morgan fingerprint density at radius 3 is 2.38 bits per heavy atom. The molecule has 2 aromatic heterocycles. The maximum atomic E-state index is 12.9. The van der Waals surface area contributed by atoms with Crippen LogP contribution in [0.2, 0.25) is 0 Å². The molecule has 0 fully saturated rings. The molecule has 8 nitrogen and oxygen atoms in total. The van der Waals surface area contributed by atoms with Crippen molar-refractivity contribution < 1.29 is 4.79 Å². The number of aryl methyl sites for hydroxylation is 2. The second kappa shape index (κ2) is 8.30. The molecule has 0 saturated carbocycles. The summed E-state index contributed by atoms with van der Waals surface area (Å²) in [5.74, 6) is -0.291. The fourth-order valence-corrected chi connectivity index (χ4v) is 3.88. The summed E-state index contributed by atoms with van der Waals surface area (Å²) >= 11 is 0. The molecule has 0 radical (unpaired) electrons. The van der Waals surface area contributed by atoms with Gasteiger partial charge in [-0.2, -0.15) is 5.10 Å². The number of fused-ring (bicyclic) bond motifs is 1. The number of aromatic nitrogens is 4. The van der Waals surface area contributed by atoms with Crippen molar-refractivity contribution in [1.29, 1.82) is 0 Å². The standard InChI is InChI=1S/C24H25N5O3/c1-15-9-5-8-12-21(15)29-17(3)20(16(2)25-29)13-27(4)22(30)14-28-24(32)19-11-7-6-10-18(19)23(31)26-28/h5-12H,13-14H2,1-4H3,(H,26,31). The smallest absolute Gasteiger partial charge is 0.273 e. The van der Waals surface area contributed by atoms with Crippen LogP contribution in [0.4, 0.5) is 0 Å². The van der Waals surface area contributed by atoms with Gasteiger partial charge in [-0.15, -0.1) is 0 Å². The normalized spacial score (nSPS) is 11.1. The summed E-state index contributed by atoms with van der Waals surface area (Å²) in [7, 11) is 1.68. The van der Waals surface area contributed by atoms with Crippen molar-refractivity contribution in [3.05, 3.63) is 91.8 Å². The van der Waals surface area contributed by atoms with Gasteiger partial charge in [0.15, 0.2) is 0 Å². The maximum absolute atomic E-state index is 12.9.